The Labute approximate surface area is 129 Å². The van der Waals surface area contributed by atoms with E-state index >= 15 is 0 Å². The first-order valence-corrected chi connectivity index (χ1v) is 6.93. The summed E-state index contributed by atoms with van der Waals surface area (Å²) in [6.45, 7) is 5.50. The highest BCUT2D eigenvalue weighted by molar-refractivity contribution is 5.98. The predicted molar refractivity (Wildman–Crippen MR) is 82.7 cm³/mol. The molecule has 1 heterocycles. The first kappa shape index (κ1) is 15.8. The molecule has 1 N–H and O–H groups in total. The van der Waals surface area contributed by atoms with E-state index in [1.165, 1.54) is 4.90 Å². The van der Waals surface area contributed by atoms with Gasteiger partial charge in [-0.3, -0.25) is 9.59 Å². The fourth-order valence-corrected chi connectivity index (χ4v) is 2.14. The molecule has 0 radical (unpaired) electrons. The lowest BCUT2D eigenvalue weighted by Crippen LogP contribution is -2.35. The van der Waals surface area contributed by atoms with Crippen LogP contribution in [0.1, 0.15) is 27.4 Å². The number of carbonyl (C=O) groups excluding carboxylic acids is 2. The van der Waals surface area contributed by atoms with Gasteiger partial charge < -0.3 is 14.7 Å². The number of para-hydroxylation sites is 1. The van der Waals surface area contributed by atoms with Crippen molar-refractivity contribution < 1.29 is 14.1 Å². The summed E-state index contributed by atoms with van der Waals surface area (Å²) < 4.78 is 4.87. The summed E-state index contributed by atoms with van der Waals surface area (Å²) in [4.78, 5) is 25.5. The lowest BCUT2D eigenvalue weighted by molar-refractivity contribution is -0.116. The molecule has 0 atom stereocenters. The maximum atomic E-state index is 12.1. The molecule has 22 heavy (non-hydrogen) atoms. The molecule has 1 aromatic heterocycles. The number of nitrogens with zero attached hydrogens (tertiary/aromatic N) is 2. The summed E-state index contributed by atoms with van der Waals surface area (Å²) in [5.41, 5.74) is 2.94. The zero-order valence-corrected chi connectivity index (χ0v) is 13.1. The maximum absolute atomic E-state index is 12.1. The van der Waals surface area contributed by atoms with Gasteiger partial charge in [-0.15, -0.1) is 0 Å². The van der Waals surface area contributed by atoms with E-state index in [1.54, 1.807) is 20.0 Å². The summed E-state index contributed by atoms with van der Waals surface area (Å²) in [5, 5.41) is 6.50. The number of hydrogen-bond donors (Lipinski definition) is 1. The van der Waals surface area contributed by atoms with Gasteiger partial charge in [0.1, 0.15) is 5.76 Å². The Hall–Kier alpha value is -2.63. The van der Waals surface area contributed by atoms with Crippen LogP contribution in [0, 0.1) is 20.8 Å². The topological polar surface area (TPSA) is 75.4 Å². The van der Waals surface area contributed by atoms with Gasteiger partial charge >= 0.3 is 0 Å². The van der Waals surface area contributed by atoms with Crippen molar-refractivity contribution in [2.24, 2.45) is 0 Å². The molecule has 0 saturated carbocycles. The molecule has 6 nitrogen and oxygen atoms in total. The number of hydrogen-bond acceptors (Lipinski definition) is 4. The third-order valence-corrected chi connectivity index (χ3v) is 3.32. The van der Waals surface area contributed by atoms with E-state index in [-0.39, 0.29) is 24.1 Å². The summed E-state index contributed by atoms with van der Waals surface area (Å²) >= 11 is 0. The van der Waals surface area contributed by atoms with Crippen LogP contribution in [0.25, 0.3) is 0 Å². The van der Waals surface area contributed by atoms with Crippen LogP contribution in [0.2, 0.25) is 0 Å². The number of anilines is 1. The van der Waals surface area contributed by atoms with Gasteiger partial charge in [0, 0.05) is 18.8 Å². The Morgan fingerprint density at radius 1 is 1.23 bits per heavy atom. The molecule has 2 amide bonds. The van der Waals surface area contributed by atoms with Crippen LogP contribution in [0.5, 0.6) is 0 Å². The van der Waals surface area contributed by atoms with Crippen molar-refractivity contribution in [2.45, 2.75) is 20.8 Å². The summed E-state index contributed by atoms with van der Waals surface area (Å²) in [5.74, 6) is -0.0568. The highest BCUT2D eigenvalue weighted by Crippen LogP contribution is 2.19. The molecule has 0 bridgehead atoms. The number of rotatable bonds is 4. The van der Waals surface area contributed by atoms with Crippen LogP contribution in [0.15, 0.2) is 28.8 Å². The second-order valence-corrected chi connectivity index (χ2v) is 5.30. The van der Waals surface area contributed by atoms with E-state index in [1.807, 2.05) is 32.0 Å². The molecule has 1 aromatic carbocycles. The molecule has 6 heteroatoms. The monoisotopic (exact) mass is 301 g/mol. The van der Waals surface area contributed by atoms with Gasteiger partial charge in [-0.25, -0.2) is 0 Å². The van der Waals surface area contributed by atoms with Gasteiger partial charge in [0.05, 0.1) is 6.54 Å². The molecular weight excluding hydrogens is 282 g/mol. The fourth-order valence-electron chi connectivity index (χ4n) is 2.14. The van der Waals surface area contributed by atoms with Crippen LogP contribution >= 0.6 is 0 Å². The number of aromatic nitrogens is 1. The summed E-state index contributed by atoms with van der Waals surface area (Å²) in [6, 6.07) is 7.33. The van der Waals surface area contributed by atoms with Crippen molar-refractivity contribution in [3.8, 4) is 0 Å². The predicted octanol–water partition coefficient (Wildman–Crippen LogP) is 2.31. The average Bonchev–Trinajstić information content (AvgIpc) is 2.88. The zero-order valence-electron chi connectivity index (χ0n) is 13.1. The Balaban J connectivity index is 2.01. The molecule has 116 valence electrons. The van der Waals surface area contributed by atoms with Crippen molar-refractivity contribution in [3.63, 3.8) is 0 Å². The van der Waals surface area contributed by atoms with Crippen LogP contribution in [-0.4, -0.2) is 35.5 Å². The quantitative estimate of drug-likeness (QED) is 0.940. The Morgan fingerprint density at radius 3 is 2.41 bits per heavy atom. The molecular formula is C16H19N3O3. The lowest BCUT2D eigenvalue weighted by atomic mass is 10.1. The van der Waals surface area contributed by atoms with Crippen molar-refractivity contribution in [1.82, 2.24) is 10.1 Å². The molecule has 0 aliphatic heterocycles. The highest BCUT2D eigenvalue weighted by Gasteiger charge is 2.18. The number of nitrogens with one attached hydrogen (secondary N) is 1. The Kier molecular flexibility index (Phi) is 4.60. The van der Waals surface area contributed by atoms with Crippen molar-refractivity contribution in [3.05, 3.63) is 46.8 Å². The molecule has 2 rings (SSSR count). The molecule has 0 spiro atoms. The van der Waals surface area contributed by atoms with Crippen LogP contribution < -0.4 is 5.32 Å². The zero-order chi connectivity index (χ0) is 16.3. The third-order valence-electron chi connectivity index (χ3n) is 3.32. The van der Waals surface area contributed by atoms with E-state index in [9.17, 15) is 9.59 Å². The first-order chi connectivity index (χ1) is 10.4. The number of amides is 2. The average molecular weight is 301 g/mol. The SMILES string of the molecule is Cc1cc(C(=O)N(C)CC(=O)Nc2c(C)cccc2C)no1. The fraction of sp³-hybridized carbons (Fsp3) is 0.312. The largest absolute Gasteiger partial charge is 0.361 e. The lowest BCUT2D eigenvalue weighted by Gasteiger charge is -2.17. The van der Waals surface area contributed by atoms with Gasteiger partial charge in [-0.1, -0.05) is 23.4 Å². The van der Waals surface area contributed by atoms with Gasteiger partial charge in [0.25, 0.3) is 5.91 Å². The number of benzene rings is 1. The Morgan fingerprint density at radius 2 is 1.86 bits per heavy atom. The second kappa shape index (κ2) is 6.43. The minimum atomic E-state index is -0.353. The minimum absolute atomic E-state index is 0.0570. The number of carbonyl (C=O) groups is 2. The maximum Gasteiger partial charge on any atom is 0.276 e. The molecule has 0 saturated heterocycles. The van der Waals surface area contributed by atoms with Crippen LogP contribution in [0.4, 0.5) is 5.69 Å². The standard InChI is InChI=1S/C16H19N3O3/c1-10-6-5-7-11(2)15(10)17-14(20)9-19(4)16(21)13-8-12(3)22-18-13/h5-8H,9H2,1-4H3,(H,17,20). The van der Waals surface area contributed by atoms with Crippen molar-refractivity contribution >= 4 is 17.5 Å². The van der Waals surface area contributed by atoms with E-state index in [0.29, 0.717) is 5.76 Å². The van der Waals surface area contributed by atoms with Crippen molar-refractivity contribution in [1.29, 1.82) is 0 Å². The van der Waals surface area contributed by atoms with E-state index in [4.69, 9.17) is 4.52 Å². The molecule has 2 aromatic rings. The van der Waals surface area contributed by atoms with Gasteiger partial charge in [0.2, 0.25) is 5.91 Å². The van der Waals surface area contributed by atoms with Gasteiger partial charge in [0.15, 0.2) is 5.69 Å². The molecule has 0 aliphatic rings. The van der Waals surface area contributed by atoms with E-state index in [2.05, 4.69) is 10.5 Å². The van der Waals surface area contributed by atoms with E-state index < -0.39 is 0 Å². The summed E-state index contributed by atoms with van der Waals surface area (Å²) in [6.07, 6.45) is 0. The Bertz CT molecular complexity index is 686. The number of aryl methyl sites for hydroxylation is 3. The minimum Gasteiger partial charge on any atom is -0.361 e. The smallest absolute Gasteiger partial charge is 0.276 e. The van der Waals surface area contributed by atoms with E-state index in [0.717, 1.165) is 16.8 Å². The van der Waals surface area contributed by atoms with Crippen LogP contribution in [-0.2, 0) is 4.79 Å². The molecule has 0 aliphatic carbocycles. The van der Waals surface area contributed by atoms with Crippen molar-refractivity contribution in [2.75, 3.05) is 18.9 Å². The van der Waals surface area contributed by atoms with Gasteiger partial charge in [-0.05, 0) is 31.9 Å². The number of likely N-dealkylation sites (N-methyl/N-ethyl adjacent to an activating group) is 1. The van der Waals surface area contributed by atoms with Gasteiger partial charge in [-0.2, -0.15) is 0 Å². The normalized spacial score (nSPS) is 10.4. The third kappa shape index (κ3) is 3.52. The molecule has 0 unspecified atom stereocenters. The highest BCUT2D eigenvalue weighted by atomic mass is 16.5. The van der Waals surface area contributed by atoms with Crippen LogP contribution in [0.3, 0.4) is 0 Å². The summed E-state index contributed by atoms with van der Waals surface area (Å²) in [7, 11) is 1.55. The first-order valence-electron chi connectivity index (χ1n) is 6.93. The second-order valence-electron chi connectivity index (χ2n) is 5.30. The molecule has 0 fully saturated rings.